The van der Waals surface area contributed by atoms with E-state index in [2.05, 4.69) is 10.6 Å². The van der Waals surface area contributed by atoms with Gasteiger partial charge in [0.05, 0.1) is 6.04 Å². The Labute approximate surface area is 218 Å². The van der Waals surface area contributed by atoms with Gasteiger partial charge in [-0.05, 0) is 24.5 Å². The number of nitrogens with zero attached hydrogens (tertiary/aromatic N) is 1. The Morgan fingerprint density at radius 1 is 1.03 bits per heavy atom. The molecule has 0 bridgehead atoms. The van der Waals surface area contributed by atoms with E-state index in [1.165, 1.54) is 0 Å². The largest absolute Gasteiger partial charge is 0.435 e. The smallest absolute Gasteiger partial charge is 0.408 e. The topological polar surface area (TPSA) is 105 Å². The van der Waals surface area contributed by atoms with E-state index in [9.17, 15) is 19.2 Å². The molecule has 0 radical (unpaired) electrons. The zero-order chi connectivity index (χ0) is 27.0. The lowest BCUT2D eigenvalue weighted by molar-refractivity contribution is -0.139. The summed E-state index contributed by atoms with van der Waals surface area (Å²) in [5.74, 6) is -1.80. The molecule has 3 atom stereocenters. The number of alkyl carbamates (subject to hydrolysis) is 1. The van der Waals surface area contributed by atoms with Gasteiger partial charge in [0, 0.05) is 18.5 Å². The van der Waals surface area contributed by atoms with Crippen molar-refractivity contribution in [3.63, 3.8) is 0 Å². The summed E-state index contributed by atoms with van der Waals surface area (Å²) in [5.41, 5.74) is 1.23. The molecule has 3 rings (SSSR count). The van der Waals surface area contributed by atoms with Crippen molar-refractivity contribution in [2.45, 2.75) is 71.7 Å². The molecule has 37 heavy (non-hydrogen) atoms. The average molecular weight is 508 g/mol. The monoisotopic (exact) mass is 507 g/mol. The van der Waals surface area contributed by atoms with E-state index in [4.69, 9.17) is 4.74 Å². The number of carbonyl (C=O) groups is 4. The fourth-order valence-electron chi connectivity index (χ4n) is 4.51. The minimum absolute atomic E-state index is 0.283. The molecule has 2 aromatic rings. The van der Waals surface area contributed by atoms with E-state index < -0.39 is 35.3 Å². The molecule has 3 amide bonds. The number of ketones is 1. The van der Waals surface area contributed by atoms with Gasteiger partial charge in [0.15, 0.2) is 6.10 Å². The lowest BCUT2D eigenvalue weighted by atomic mass is 9.90. The molecular weight excluding hydrogens is 470 g/mol. The third kappa shape index (κ3) is 7.41. The SMILES string of the molecule is CCCC[C@H](NC(=O)O[C@@H]1C(=O)N(Cc2ccccc2)CC1(C)C)C(=O)C(=O)N[C@H](C)c1ccccc1. The van der Waals surface area contributed by atoms with Gasteiger partial charge in [-0.25, -0.2) is 4.79 Å². The van der Waals surface area contributed by atoms with E-state index in [1.807, 2.05) is 81.4 Å². The summed E-state index contributed by atoms with van der Waals surface area (Å²) in [4.78, 5) is 53.3. The van der Waals surface area contributed by atoms with Crippen LogP contribution in [0.15, 0.2) is 60.7 Å². The van der Waals surface area contributed by atoms with E-state index >= 15 is 0 Å². The summed E-state index contributed by atoms with van der Waals surface area (Å²) in [6, 6.07) is 17.5. The zero-order valence-corrected chi connectivity index (χ0v) is 22.0. The summed E-state index contributed by atoms with van der Waals surface area (Å²) in [7, 11) is 0. The van der Waals surface area contributed by atoms with Crippen molar-refractivity contribution in [2.75, 3.05) is 6.54 Å². The van der Waals surface area contributed by atoms with Gasteiger partial charge in [-0.2, -0.15) is 0 Å². The van der Waals surface area contributed by atoms with Gasteiger partial charge in [-0.15, -0.1) is 0 Å². The van der Waals surface area contributed by atoms with Crippen LogP contribution in [0.2, 0.25) is 0 Å². The third-order valence-electron chi connectivity index (χ3n) is 6.61. The third-order valence-corrected chi connectivity index (χ3v) is 6.61. The van der Waals surface area contributed by atoms with Gasteiger partial charge in [-0.1, -0.05) is 94.3 Å². The van der Waals surface area contributed by atoms with Crippen molar-refractivity contribution >= 4 is 23.7 Å². The highest BCUT2D eigenvalue weighted by Crippen LogP contribution is 2.34. The number of likely N-dealkylation sites (tertiary alicyclic amines) is 1. The van der Waals surface area contributed by atoms with Gasteiger partial charge in [0.1, 0.15) is 6.04 Å². The standard InChI is InChI=1S/C29H37N3O5/c1-5-6-17-23(24(33)26(34)30-20(2)22-15-11-8-12-16-22)31-28(36)37-25-27(35)32(19-29(25,3)4)18-21-13-9-7-10-14-21/h7-16,20,23,25H,5-6,17-19H2,1-4H3,(H,30,34)(H,31,36)/t20-,23+,25-/m1/s1. The predicted molar refractivity (Wildman–Crippen MR) is 140 cm³/mol. The van der Waals surface area contributed by atoms with Gasteiger partial charge >= 0.3 is 6.09 Å². The molecule has 0 aromatic heterocycles. The number of Topliss-reactive ketones (excluding diaryl/α,β-unsaturated/α-hetero) is 1. The predicted octanol–water partition coefficient (Wildman–Crippen LogP) is 4.16. The van der Waals surface area contributed by atoms with E-state index in [1.54, 1.807) is 11.8 Å². The van der Waals surface area contributed by atoms with Crippen LogP contribution < -0.4 is 10.6 Å². The molecule has 2 N–H and O–H groups in total. The van der Waals surface area contributed by atoms with Crippen LogP contribution in [0.4, 0.5) is 4.79 Å². The number of rotatable bonds is 11. The molecule has 0 aliphatic carbocycles. The molecule has 1 aliphatic heterocycles. The first-order valence-corrected chi connectivity index (χ1v) is 12.8. The molecule has 1 aliphatic rings. The fourth-order valence-corrected chi connectivity index (χ4v) is 4.51. The molecule has 0 saturated carbocycles. The first-order valence-electron chi connectivity index (χ1n) is 12.8. The summed E-state index contributed by atoms with van der Waals surface area (Å²) < 4.78 is 5.57. The number of carbonyl (C=O) groups excluding carboxylic acids is 4. The molecular formula is C29H37N3O5. The maximum Gasteiger partial charge on any atom is 0.408 e. The molecule has 0 unspecified atom stereocenters. The van der Waals surface area contributed by atoms with Gasteiger partial charge in [-0.3, -0.25) is 14.4 Å². The van der Waals surface area contributed by atoms with Crippen LogP contribution in [-0.2, 0) is 25.7 Å². The minimum Gasteiger partial charge on any atom is -0.435 e. The Kier molecular flexibility index (Phi) is 9.44. The van der Waals surface area contributed by atoms with Crippen LogP contribution in [0.25, 0.3) is 0 Å². The summed E-state index contributed by atoms with van der Waals surface area (Å²) >= 11 is 0. The van der Waals surface area contributed by atoms with Crippen molar-refractivity contribution in [2.24, 2.45) is 5.41 Å². The minimum atomic E-state index is -1.05. The molecule has 2 aromatic carbocycles. The van der Waals surface area contributed by atoms with Gasteiger partial charge in [0.2, 0.25) is 5.78 Å². The molecule has 198 valence electrons. The maximum absolute atomic E-state index is 13.1. The van der Waals surface area contributed by atoms with Gasteiger partial charge in [0.25, 0.3) is 11.8 Å². The Balaban J connectivity index is 1.63. The van der Waals surface area contributed by atoms with Crippen LogP contribution in [0, 0.1) is 5.41 Å². The number of benzene rings is 2. The number of hydrogen-bond acceptors (Lipinski definition) is 5. The van der Waals surface area contributed by atoms with Gasteiger partial charge < -0.3 is 20.3 Å². The van der Waals surface area contributed by atoms with E-state index in [-0.39, 0.29) is 11.9 Å². The molecule has 0 spiro atoms. The molecule has 1 fully saturated rings. The van der Waals surface area contributed by atoms with Crippen LogP contribution in [0.5, 0.6) is 0 Å². The summed E-state index contributed by atoms with van der Waals surface area (Å²) in [6.07, 6.45) is -0.168. The molecule has 1 heterocycles. The molecule has 8 heteroatoms. The van der Waals surface area contributed by atoms with Crippen molar-refractivity contribution < 1.29 is 23.9 Å². The lowest BCUT2D eigenvalue weighted by Gasteiger charge is -2.25. The first kappa shape index (κ1) is 27.9. The highest BCUT2D eigenvalue weighted by atomic mass is 16.6. The molecule has 1 saturated heterocycles. The number of amides is 3. The first-order chi connectivity index (χ1) is 17.6. The van der Waals surface area contributed by atoms with E-state index in [0.29, 0.717) is 25.9 Å². The van der Waals surface area contributed by atoms with Crippen molar-refractivity contribution in [3.05, 3.63) is 71.8 Å². The van der Waals surface area contributed by atoms with Crippen LogP contribution >= 0.6 is 0 Å². The number of unbranched alkanes of at least 4 members (excludes halogenated alkanes) is 1. The average Bonchev–Trinajstić information content (AvgIpc) is 3.09. The Bertz CT molecular complexity index is 1090. The van der Waals surface area contributed by atoms with Crippen molar-refractivity contribution in [1.29, 1.82) is 0 Å². The Hall–Kier alpha value is -3.68. The summed E-state index contributed by atoms with van der Waals surface area (Å²) in [5, 5.41) is 5.26. The second kappa shape index (κ2) is 12.5. The quantitative estimate of drug-likeness (QED) is 0.445. The highest BCUT2D eigenvalue weighted by Gasteiger charge is 2.49. The Morgan fingerprint density at radius 3 is 2.27 bits per heavy atom. The number of nitrogens with one attached hydrogen (secondary N) is 2. The zero-order valence-electron chi connectivity index (χ0n) is 22.0. The highest BCUT2D eigenvalue weighted by molar-refractivity contribution is 6.38. The second-order valence-corrected chi connectivity index (χ2v) is 10.3. The van der Waals surface area contributed by atoms with Crippen LogP contribution in [-0.4, -0.2) is 47.3 Å². The lowest BCUT2D eigenvalue weighted by Crippen LogP contribution is -2.49. The van der Waals surface area contributed by atoms with Crippen molar-refractivity contribution in [3.8, 4) is 0 Å². The maximum atomic E-state index is 13.1. The number of ether oxygens (including phenoxy) is 1. The summed E-state index contributed by atoms with van der Waals surface area (Å²) in [6.45, 7) is 8.33. The Morgan fingerprint density at radius 2 is 1.65 bits per heavy atom. The van der Waals surface area contributed by atoms with E-state index in [0.717, 1.165) is 17.5 Å². The molecule has 8 nitrogen and oxygen atoms in total. The fraction of sp³-hybridized carbons (Fsp3) is 0.448. The van der Waals surface area contributed by atoms with Crippen LogP contribution in [0.3, 0.4) is 0 Å². The number of hydrogen-bond donors (Lipinski definition) is 2. The van der Waals surface area contributed by atoms with Crippen LogP contribution in [0.1, 0.15) is 64.1 Å². The van der Waals surface area contributed by atoms with Crippen molar-refractivity contribution in [1.82, 2.24) is 15.5 Å². The normalized spacial score (nSPS) is 18.1. The second-order valence-electron chi connectivity index (χ2n) is 10.3.